The number of aromatic nitrogens is 2. The van der Waals surface area contributed by atoms with Gasteiger partial charge in [-0.05, 0) is 38.1 Å². The second kappa shape index (κ2) is 7.57. The molecule has 0 amide bonds. The van der Waals surface area contributed by atoms with E-state index in [0.717, 1.165) is 33.8 Å². The van der Waals surface area contributed by atoms with Crippen molar-refractivity contribution in [1.29, 1.82) is 0 Å². The molecule has 27 heavy (non-hydrogen) atoms. The van der Waals surface area contributed by atoms with Crippen molar-refractivity contribution in [1.82, 2.24) is 9.97 Å². The van der Waals surface area contributed by atoms with Crippen LogP contribution in [0.1, 0.15) is 15.6 Å². The summed E-state index contributed by atoms with van der Waals surface area (Å²) < 4.78 is 53.0. The van der Waals surface area contributed by atoms with E-state index in [9.17, 15) is 17.2 Å². The topological polar surface area (TPSA) is 84.0 Å². The molecular formula is C17H16F2N4O2S2. The van der Waals surface area contributed by atoms with E-state index in [4.69, 9.17) is 0 Å². The average Bonchev–Trinajstić information content (AvgIpc) is 2.94. The van der Waals surface area contributed by atoms with Crippen LogP contribution in [-0.4, -0.2) is 18.4 Å². The molecule has 3 rings (SSSR count). The highest BCUT2D eigenvalue weighted by molar-refractivity contribution is 7.92. The van der Waals surface area contributed by atoms with Crippen LogP contribution in [0.4, 0.5) is 20.3 Å². The summed E-state index contributed by atoms with van der Waals surface area (Å²) in [6.07, 6.45) is 1.18. The van der Waals surface area contributed by atoms with E-state index in [2.05, 4.69) is 20.0 Å². The van der Waals surface area contributed by atoms with Crippen LogP contribution in [0.5, 0.6) is 0 Å². The lowest BCUT2D eigenvalue weighted by atomic mass is 10.3. The Kier molecular flexibility index (Phi) is 5.38. The van der Waals surface area contributed by atoms with E-state index in [1.165, 1.54) is 18.3 Å². The second-order valence-corrected chi connectivity index (χ2v) is 8.79. The second-order valence-electron chi connectivity index (χ2n) is 5.70. The number of hydrogen-bond donors (Lipinski definition) is 2. The number of benzene rings is 1. The zero-order valence-corrected chi connectivity index (χ0v) is 16.1. The average molecular weight is 410 g/mol. The summed E-state index contributed by atoms with van der Waals surface area (Å²) in [5.74, 6) is -1.70. The zero-order valence-electron chi connectivity index (χ0n) is 14.5. The predicted molar refractivity (Wildman–Crippen MR) is 100 cm³/mol. The number of nitrogens with zero attached hydrogens (tertiary/aromatic N) is 2. The third kappa shape index (κ3) is 4.58. The lowest BCUT2D eigenvalue weighted by Gasteiger charge is -2.09. The Balaban J connectivity index is 1.69. The molecule has 2 aromatic heterocycles. The molecule has 2 heterocycles. The highest BCUT2D eigenvalue weighted by atomic mass is 32.2. The van der Waals surface area contributed by atoms with Crippen molar-refractivity contribution in [2.45, 2.75) is 25.3 Å². The molecule has 0 saturated carbocycles. The van der Waals surface area contributed by atoms with Crippen molar-refractivity contribution >= 4 is 32.9 Å². The van der Waals surface area contributed by atoms with Crippen LogP contribution in [0.2, 0.25) is 0 Å². The van der Waals surface area contributed by atoms with Gasteiger partial charge in [0.15, 0.2) is 11.6 Å². The molecule has 0 unspecified atom stereocenters. The van der Waals surface area contributed by atoms with Gasteiger partial charge in [-0.2, -0.15) is 0 Å². The van der Waals surface area contributed by atoms with Crippen molar-refractivity contribution in [3.63, 3.8) is 0 Å². The van der Waals surface area contributed by atoms with Gasteiger partial charge >= 0.3 is 0 Å². The van der Waals surface area contributed by atoms with Gasteiger partial charge in [0.2, 0.25) is 0 Å². The molecule has 0 saturated heterocycles. The lowest BCUT2D eigenvalue weighted by molar-refractivity contribution is 0.509. The van der Waals surface area contributed by atoms with Gasteiger partial charge < -0.3 is 5.32 Å². The van der Waals surface area contributed by atoms with Crippen molar-refractivity contribution < 1.29 is 17.2 Å². The van der Waals surface area contributed by atoms with Gasteiger partial charge in [-0.15, -0.1) is 11.3 Å². The Labute approximate surface area is 159 Å². The number of aryl methyl sites for hydroxylation is 2. The first-order valence-corrected chi connectivity index (χ1v) is 10.2. The number of anilines is 2. The number of thiazole rings is 1. The summed E-state index contributed by atoms with van der Waals surface area (Å²) in [5.41, 5.74) is 0.835. The Hall–Kier alpha value is -2.59. The maximum atomic E-state index is 13.2. The van der Waals surface area contributed by atoms with E-state index >= 15 is 0 Å². The number of halogens is 2. The maximum Gasteiger partial charge on any atom is 0.263 e. The molecule has 0 radical (unpaired) electrons. The molecule has 0 bridgehead atoms. The van der Waals surface area contributed by atoms with Crippen molar-refractivity contribution in [2.75, 3.05) is 10.0 Å². The Morgan fingerprint density at radius 2 is 1.89 bits per heavy atom. The molecule has 0 fully saturated rings. The van der Waals surface area contributed by atoms with Gasteiger partial charge in [0.25, 0.3) is 10.0 Å². The molecule has 0 atom stereocenters. The minimum atomic E-state index is -3.97. The molecule has 0 aliphatic rings. The maximum absolute atomic E-state index is 13.2. The van der Waals surface area contributed by atoms with Crippen LogP contribution in [0.25, 0.3) is 0 Å². The van der Waals surface area contributed by atoms with E-state index < -0.39 is 21.7 Å². The number of sulfonamides is 1. The number of rotatable bonds is 6. The third-order valence-electron chi connectivity index (χ3n) is 3.66. The van der Waals surface area contributed by atoms with Crippen molar-refractivity contribution in [3.05, 3.63) is 63.7 Å². The summed E-state index contributed by atoms with van der Waals surface area (Å²) in [5, 5.41) is 4.06. The molecule has 10 heteroatoms. The Morgan fingerprint density at radius 1 is 1.11 bits per heavy atom. The minimum Gasteiger partial charge on any atom is -0.364 e. The highest BCUT2D eigenvalue weighted by Crippen LogP contribution is 2.20. The first-order chi connectivity index (χ1) is 12.7. The molecule has 6 nitrogen and oxygen atoms in total. The largest absolute Gasteiger partial charge is 0.364 e. The lowest BCUT2D eigenvalue weighted by Crippen LogP contribution is -2.14. The fraction of sp³-hybridized carbons (Fsp3) is 0.176. The van der Waals surface area contributed by atoms with Gasteiger partial charge in [-0.25, -0.2) is 27.2 Å². The van der Waals surface area contributed by atoms with Crippen LogP contribution in [0, 0.1) is 25.5 Å². The summed E-state index contributed by atoms with van der Waals surface area (Å²) in [6.45, 7) is 4.39. The van der Waals surface area contributed by atoms with Crippen LogP contribution in [-0.2, 0) is 16.6 Å². The van der Waals surface area contributed by atoms with Gasteiger partial charge in [0, 0.05) is 17.1 Å². The SMILES string of the molecule is Cc1nc(CNc2ccc(S(=O)(=O)Nc3ccc(F)c(F)c3)cn2)c(C)s1. The molecule has 142 valence electrons. The molecule has 1 aromatic carbocycles. The fourth-order valence-electron chi connectivity index (χ4n) is 2.33. The number of hydrogen-bond acceptors (Lipinski definition) is 6. The first-order valence-electron chi connectivity index (χ1n) is 7.85. The van der Waals surface area contributed by atoms with Gasteiger partial charge in [0.05, 0.1) is 22.9 Å². The molecule has 2 N–H and O–H groups in total. The van der Waals surface area contributed by atoms with E-state index in [1.807, 2.05) is 13.8 Å². The quantitative estimate of drug-likeness (QED) is 0.645. The normalized spacial score (nSPS) is 11.4. The monoisotopic (exact) mass is 410 g/mol. The Morgan fingerprint density at radius 3 is 2.48 bits per heavy atom. The minimum absolute atomic E-state index is 0.0783. The third-order valence-corrected chi connectivity index (χ3v) is 5.95. The summed E-state index contributed by atoms with van der Waals surface area (Å²) in [6, 6.07) is 5.65. The molecule has 0 spiro atoms. The van der Waals surface area contributed by atoms with Crippen LogP contribution in [0.15, 0.2) is 41.4 Å². The molecule has 3 aromatic rings. The molecular weight excluding hydrogens is 394 g/mol. The van der Waals surface area contributed by atoms with Crippen molar-refractivity contribution in [2.24, 2.45) is 0 Å². The van der Waals surface area contributed by atoms with Gasteiger partial charge in [0.1, 0.15) is 10.7 Å². The standard InChI is InChI=1S/C17H16F2N4O2S2/c1-10-16(22-11(2)26-10)9-21-17-6-4-13(8-20-17)27(24,25)23-12-3-5-14(18)15(19)7-12/h3-8,23H,9H2,1-2H3,(H,20,21). The van der Waals surface area contributed by atoms with Crippen molar-refractivity contribution in [3.8, 4) is 0 Å². The summed E-state index contributed by atoms with van der Waals surface area (Å²) in [7, 11) is -3.97. The van der Waals surface area contributed by atoms with E-state index in [0.29, 0.717) is 12.4 Å². The first kappa shape index (κ1) is 19.2. The Bertz CT molecular complexity index is 1070. The fourth-order valence-corrected chi connectivity index (χ4v) is 4.16. The molecule has 0 aliphatic heterocycles. The van der Waals surface area contributed by atoms with Gasteiger partial charge in [-0.3, -0.25) is 4.72 Å². The predicted octanol–water partition coefficient (Wildman–Crippen LogP) is 3.85. The van der Waals surface area contributed by atoms with E-state index in [-0.39, 0.29) is 10.6 Å². The van der Waals surface area contributed by atoms with Crippen LogP contribution < -0.4 is 10.0 Å². The van der Waals surface area contributed by atoms with E-state index in [1.54, 1.807) is 11.3 Å². The van der Waals surface area contributed by atoms with Gasteiger partial charge in [-0.1, -0.05) is 0 Å². The summed E-state index contributed by atoms with van der Waals surface area (Å²) >= 11 is 1.60. The number of nitrogens with one attached hydrogen (secondary N) is 2. The number of pyridine rings is 1. The zero-order chi connectivity index (χ0) is 19.6. The smallest absolute Gasteiger partial charge is 0.263 e. The summed E-state index contributed by atoms with van der Waals surface area (Å²) in [4.78, 5) is 9.50. The molecule has 0 aliphatic carbocycles. The van der Waals surface area contributed by atoms with Crippen LogP contribution in [0.3, 0.4) is 0 Å². The van der Waals surface area contributed by atoms with Crippen LogP contribution >= 0.6 is 11.3 Å². The highest BCUT2D eigenvalue weighted by Gasteiger charge is 2.16.